The maximum Gasteiger partial charge on any atom is 0.279 e. The van der Waals surface area contributed by atoms with E-state index < -0.39 is 9.85 Å². The van der Waals surface area contributed by atoms with Gasteiger partial charge in [-0.3, -0.25) is 20.2 Å². The third-order valence-electron chi connectivity index (χ3n) is 1.60. The molecule has 0 spiro atoms. The van der Waals surface area contributed by atoms with Crippen molar-refractivity contribution in [2.24, 2.45) is 0 Å². The second-order valence-corrected chi connectivity index (χ2v) is 2.49. The normalized spacial score (nSPS) is 9.62. The first-order chi connectivity index (χ1) is 6.02. The molecular formula is C7H6N2O4. The van der Waals surface area contributed by atoms with Crippen LogP contribution in [-0.2, 0) is 0 Å². The number of aryl methyl sites for hydroxylation is 1. The highest BCUT2D eigenvalue weighted by Crippen LogP contribution is 2.23. The van der Waals surface area contributed by atoms with Crippen LogP contribution in [0.1, 0.15) is 5.56 Å². The molecule has 6 heteroatoms. The molecule has 0 unspecified atom stereocenters. The van der Waals surface area contributed by atoms with Gasteiger partial charge in [0.25, 0.3) is 11.4 Å². The summed E-state index contributed by atoms with van der Waals surface area (Å²) in [6, 6.07) is 3.55. The summed E-state index contributed by atoms with van der Waals surface area (Å²) in [4.78, 5) is 19.4. The summed E-state index contributed by atoms with van der Waals surface area (Å²) in [5.41, 5.74) is -0.0814. The summed E-state index contributed by atoms with van der Waals surface area (Å²) in [6.45, 7) is 1.53. The van der Waals surface area contributed by atoms with Crippen molar-refractivity contribution in [1.29, 1.82) is 0 Å². The van der Waals surface area contributed by atoms with Gasteiger partial charge >= 0.3 is 0 Å². The summed E-state index contributed by atoms with van der Waals surface area (Å²) in [5.74, 6) is 0. The predicted molar refractivity (Wildman–Crippen MR) is 44.5 cm³/mol. The minimum atomic E-state index is -0.660. The number of nitrogens with zero attached hydrogens (tertiary/aromatic N) is 2. The van der Waals surface area contributed by atoms with E-state index in [-0.39, 0.29) is 11.4 Å². The van der Waals surface area contributed by atoms with E-state index in [1.165, 1.54) is 19.1 Å². The van der Waals surface area contributed by atoms with Gasteiger partial charge in [0.15, 0.2) is 0 Å². The summed E-state index contributed by atoms with van der Waals surface area (Å²) >= 11 is 0. The van der Waals surface area contributed by atoms with Gasteiger partial charge in [0.2, 0.25) is 0 Å². The highest BCUT2D eigenvalue weighted by molar-refractivity contribution is 5.48. The van der Waals surface area contributed by atoms with Crippen LogP contribution in [0.15, 0.2) is 18.2 Å². The molecule has 0 radical (unpaired) electrons. The van der Waals surface area contributed by atoms with E-state index in [0.717, 1.165) is 6.07 Å². The fourth-order valence-electron chi connectivity index (χ4n) is 0.908. The minimum Gasteiger partial charge on any atom is -0.258 e. The summed E-state index contributed by atoms with van der Waals surface area (Å²) in [5, 5.41) is 20.6. The van der Waals surface area contributed by atoms with Crippen molar-refractivity contribution in [2.75, 3.05) is 0 Å². The molecule has 0 bridgehead atoms. The van der Waals surface area contributed by atoms with Crippen molar-refractivity contribution in [3.05, 3.63) is 44.0 Å². The molecule has 0 saturated carbocycles. The van der Waals surface area contributed by atoms with Gasteiger partial charge in [-0.15, -0.1) is 0 Å². The fourth-order valence-corrected chi connectivity index (χ4v) is 0.908. The van der Waals surface area contributed by atoms with Crippen LogP contribution < -0.4 is 0 Å². The third-order valence-corrected chi connectivity index (χ3v) is 1.60. The monoisotopic (exact) mass is 184 g/mol. The van der Waals surface area contributed by atoms with E-state index in [0.29, 0.717) is 5.56 Å². The number of non-ortho nitro benzene ring substituents is 1. The molecule has 0 aliphatic carbocycles. The van der Waals surface area contributed by atoms with Crippen LogP contribution in [0.3, 0.4) is 0 Å². The van der Waals surface area contributed by atoms with Crippen molar-refractivity contribution in [2.45, 2.75) is 6.92 Å². The Morgan fingerprint density at radius 3 is 2.23 bits per heavy atom. The number of hydrogen-bond acceptors (Lipinski definition) is 4. The van der Waals surface area contributed by atoms with Gasteiger partial charge in [-0.2, -0.15) is 0 Å². The Labute approximate surface area is 73.1 Å². The van der Waals surface area contributed by atoms with Gasteiger partial charge in [0, 0.05) is 11.6 Å². The smallest absolute Gasteiger partial charge is 0.258 e. The Hall–Kier alpha value is -1.98. The minimum absolute atomic E-state index is 0.228. The first kappa shape index (κ1) is 9.11. The average molecular weight is 184 g/mol. The van der Waals surface area contributed by atoms with Crippen LogP contribution in [0.4, 0.5) is 11.4 Å². The first-order valence-corrected chi connectivity index (χ1v) is 3.42. The lowest BCUT2D eigenvalue weighted by atomic mass is 10.2. The van der Waals surface area contributed by atoms with E-state index in [1.54, 1.807) is 0 Å². The Kier molecular flexibility index (Phi) is 2.23. The number of benzene rings is 1. The van der Waals surface area contributed by atoms with E-state index in [2.05, 4.69) is 0 Å². The summed E-state index contributed by atoms with van der Waals surface area (Å²) in [6.07, 6.45) is 0. The Balaban J connectivity index is 3.27. The molecule has 0 atom stereocenters. The van der Waals surface area contributed by atoms with Crippen LogP contribution in [0.5, 0.6) is 0 Å². The summed E-state index contributed by atoms with van der Waals surface area (Å²) < 4.78 is 0. The van der Waals surface area contributed by atoms with E-state index in [4.69, 9.17) is 0 Å². The quantitative estimate of drug-likeness (QED) is 0.518. The Bertz CT molecular complexity index is 375. The van der Waals surface area contributed by atoms with Gasteiger partial charge < -0.3 is 0 Å². The standard InChI is InChI=1S/C7H6N2O4/c1-5-2-3-6(8(10)11)4-7(5)9(12)13/h2-4H,1H3/i1+2. The van der Waals surface area contributed by atoms with Crippen molar-refractivity contribution < 1.29 is 9.85 Å². The Morgan fingerprint density at radius 1 is 1.15 bits per heavy atom. The van der Waals surface area contributed by atoms with E-state index >= 15 is 0 Å². The fraction of sp³-hybridized carbons (Fsp3) is 0.143. The largest absolute Gasteiger partial charge is 0.279 e. The molecule has 0 saturated heterocycles. The van der Waals surface area contributed by atoms with Gasteiger partial charge in [-0.25, -0.2) is 0 Å². The van der Waals surface area contributed by atoms with Gasteiger partial charge in [0.05, 0.1) is 15.9 Å². The zero-order valence-electron chi connectivity index (χ0n) is 6.76. The predicted octanol–water partition coefficient (Wildman–Crippen LogP) is 1.81. The maximum absolute atomic E-state index is 10.4. The number of hydrogen-bond donors (Lipinski definition) is 0. The SMILES string of the molecule is [14CH3]c1ccc([N+](=O)[O-])cc1[N+](=O)[O-]. The van der Waals surface area contributed by atoms with Crippen LogP contribution >= 0.6 is 0 Å². The molecular weight excluding hydrogens is 178 g/mol. The lowest BCUT2D eigenvalue weighted by molar-refractivity contribution is -0.394. The lowest BCUT2D eigenvalue weighted by Gasteiger charge is -1.95. The maximum atomic E-state index is 10.4. The Morgan fingerprint density at radius 2 is 1.77 bits per heavy atom. The molecule has 1 aromatic rings. The van der Waals surface area contributed by atoms with Gasteiger partial charge in [-0.05, 0) is 13.0 Å². The molecule has 6 nitrogen and oxygen atoms in total. The van der Waals surface area contributed by atoms with E-state index in [1.807, 2.05) is 0 Å². The molecule has 0 aliphatic heterocycles. The zero-order chi connectivity index (χ0) is 10.0. The molecule has 1 aromatic carbocycles. The molecule has 0 fully saturated rings. The van der Waals surface area contributed by atoms with Crippen LogP contribution in [0.25, 0.3) is 0 Å². The number of rotatable bonds is 2. The highest BCUT2D eigenvalue weighted by Gasteiger charge is 2.15. The first-order valence-electron chi connectivity index (χ1n) is 3.42. The second kappa shape index (κ2) is 3.18. The number of nitro benzene ring substituents is 2. The summed E-state index contributed by atoms with van der Waals surface area (Å²) in [7, 11) is 0. The number of nitro groups is 2. The van der Waals surface area contributed by atoms with Crippen molar-refractivity contribution >= 4 is 11.4 Å². The lowest BCUT2D eigenvalue weighted by Crippen LogP contribution is -1.94. The molecule has 0 aromatic heterocycles. The molecule has 68 valence electrons. The van der Waals surface area contributed by atoms with E-state index in [9.17, 15) is 20.2 Å². The molecule has 0 aliphatic rings. The third kappa shape index (κ3) is 1.78. The average Bonchev–Trinajstić information content (AvgIpc) is 2.04. The topological polar surface area (TPSA) is 86.3 Å². The van der Waals surface area contributed by atoms with Gasteiger partial charge in [-0.1, -0.05) is 0 Å². The van der Waals surface area contributed by atoms with Gasteiger partial charge in [0.1, 0.15) is 0 Å². The highest BCUT2D eigenvalue weighted by atomic mass is 16.6. The molecule has 0 heterocycles. The van der Waals surface area contributed by atoms with Crippen molar-refractivity contribution in [3.63, 3.8) is 0 Å². The van der Waals surface area contributed by atoms with Crippen molar-refractivity contribution in [1.82, 2.24) is 0 Å². The zero-order valence-corrected chi connectivity index (χ0v) is 6.76. The van der Waals surface area contributed by atoms with Crippen LogP contribution in [0.2, 0.25) is 0 Å². The van der Waals surface area contributed by atoms with Crippen molar-refractivity contribution in [3.8, 4) is 0 Å². The second-order valence-electron chi connectivity index (χ2n) is 2.49. The molecule has 1 rings (SSSR count). The molecule has 0 N–H and O–H groups in total. The molecule has 13 heavy (non-hydrogen) atoms. The van der Waals surface area contributed by atoms with Crippen LogP contribution in [0, 0.1) is 27.2 Å². The molecule has 0 amide bonds. The van der Waals surface area contributed by atoms with Crippen LogP contribution in [-0.4, -0.2) is 9.85 Å².